The number of carboxylic acid groups (broad SMARTS) is 1. The first-order chi connectivity index (χ1) is 10.4. The number of amides is 2. The second-order valence-corrected chi connectivity index (χ2v) is 5.96. The fourth-order valence-electron chi connectivity index (χ4n) is 1.70. The van der Waals surface area contributed by atoms with E-state index in [-0.39, 0.29) is 29.7 Å². The van der Waals surface area contributed by atoms with Crippen LogP contribution in [0, 0.1) is 6.92 Å². The van der Waals surface area contributed by atoms with Gasteiger partial charge in [-0.15, -0.1) is 11.8 Å². The van der Waals surface area contributed by atoms with E-state index < -0.39 is 12.0 Å². The minimum atomic E-state index is -0.960. The molecule has 22 heavy (non-hydrogen) atoms. The highest BCUT2D eigenvalue weighted by molar-refractivity contribution is 8.00. The third kappa shape index (κ3) is 7.68. The molecule has 0 heterocycles. The molecule has 7 heteroatoms. The highest BCUT2D eigenvalue weighted by Gasteiger charge is 2.11. The molecule has 0 aliphatic heterocycles. The largest absolute Gasteiger partial charge is 0.481 e. The van der Waals surface area contributed by atoms with Crippen LogP contribution in [0.5, 0.6) is 0 Å². The van der Waals surface area contributed by atoms with Gasteiger partial charge in [0.2, 0.25) is 11.8 Å². The van der Waals surface area contributed by atoms with Crippen molar-refractivity contribution in [2.75, 3.05) is 16.8 Å². The maximum Gasteiger partial charge on any atom is 0.305 e. The van der Waals surface area contributed by atoms with E-state index >= 15 is 0 Å². The van der Waals surface area contributed by atoms with E-state index in [1.54, 1.807) is 6.92 Å². The average molecular weight is 324 g/mol. The Hall–Kier alpha value is -2.02. The molecule has 0 aliphatic rings. The van der Waals surface area contributed by atoms with Crippen LogP contribution in [0.15, 0.2) is 24.3 Å². The second kappa shape index (κ2) is 9.09. The van der Waals surface area contributed by atoms with Gasteiger partial charge in [-0.25, -0.2) is 0 Å². The molecule has 6 nitrogen and oxygen atoms in total. The Morgan fingerprint density at radius 2 is 1.73 bits per heavy atom. The summed E-state index contributed by atoms with van der Waals surface area (Å²) in [5.41, 5.74) is 1.83. The van der Waals surface area contributed by atoms with E-state index in [1.807, 2.05) is 31.2 Å². The lowest BCUT2D eigenvalue weighted by atomic mass is 10.2. The number of carbonyl (C=O) groups is 3. The average Bonchev–Trinajstić information content (AvgIpc) is 2.40. The molecule has 0 saturated heterocycles. The first-order valence-corrected chi connectivity index (χ1v) is 7.97. The zero-order valence-electron chi connectivity index (χ0n) is 12.6. The van der Waals surface area contributed by atoms with Crippen molar-refractivity contribution < 1.29 is 19.5 Å². The summed E-state index contributed by atoms with van der Waals surface area (Å²) in [6.07, 6.45) is -0.121. The summed E-state index contributed by atoms with van der Waals surface area (Å²) in [5.74, 6) is -1.14. The van der Waals surface area contributed by atoms with Crippen LogP contribution in [-0.4, -0.2) is 40.4 Å². The van der Waals surface area contributed by atoms with Crippen molar-refractivity contribution in [2.45, 2.75) is 26.3 Å². The second-order valence-electron chi connectivity index (χ2n) is 4.97. The molecule has 1 rings (SSSR count). The van der Waals surface area contributed by atoms with Gasteiger partial charge >= 0.3 is 5.97 Å². The number of benzene rings is 1. The van der Waals surface area contributed by atoms with E-state index in [4.69, 9.17) is 5.11 Å². The number of rotatable bonds is 8. The Bertz CT molecular complexity index is 531. The molecule has 0 bridgehead atoms. The number of aliphatic carboxylic acids is 1. The minimum absolute atomic E-state index is 0.116. The Labute approximate surface area is 133 Å². The quantitative estimate of drug-likeness (QED) is 0.676. The van der Waals surface area contributed by atoms with Crippen molar-refractivity contribution in [3.05, 3.63) is 29.8 Å². The van der Waals surface area contributed by atoms with Crippen LogP contribution in [-0.2, 0) is 14.4 Å². The lowest BCUT2D eigenvalue weighted by Crippen LogP contribution is -2.35. The van der Waals surface area contributed by atoms with Gasteiger partial charge < -0.3 is 15.7 Å². The number of thioether (sulfide) groups is 1. The van der Waals surface area contributed by atoms with Crippen LogP contribution in [0.25, 0.3) is 0 Å². The molecular weight excluding hydrogens is 304 g/mol. The first-order valence-electron chi connectivity index (χ1n) is 6.82. The van der Waals surface area contributed by atoms with E-state index in [2.05, 4.69) is 10.6 Å². The number of hydrogen-bond acceptors (Lipinski definition) is 4. The van der Waals surface area contributed by atoms with E-state index in [1.165, 1.54) is 11.8 Å². The zero-order chi connectivity index (χ0) is 16.5. The molecule has 3 N–H and O–H groups in total. The summed E-state index contributed by atoms with van der Waals surface area (Å²) in [6.45, 7) is 3.59. The van der Waals surface area contributed by atoms with Crippen molar-refractivity contribution in [1.82, 2.24) is 5.32 Å². The molecule has 0 spiro atoms. The third-order valence-corrected chi connectivity index (χ3v) is 3.62. The van der Waals surface area contributed by atoms with Gasteiger partial charge in [0.05, 0.1) is 17.9 Å². The van der Waals surface area contributed by atoms with Crippen molar-refractivity contribution in [2.24, 2.45) is 0 Å². The Morgan fingerprint density at radius 3 is 2.32 bits per heavy atom. The van der Waals surface area contributed by atoms with E-state index in [0.717, 1.165) is 11.3 Å². The first kappa shape index (κ1) is 18.0. The maximum atomic E-state index is 11.7. The minimum Gasteiger partial charge on any atom is -0.481 e. The highest BCUT2D eigenvalue weighted by Crippen LogP contribution is 2.09. The fraction of sp³-hybridized carbons (Fsp3) is 0.400. The monoisotopic (exact) mass is 324 g/mol. The molecule has 120 valence electrons. The molecule has 1 atom stereocenters. The van der Waals surface area contributed by atoms with Gasteiger partial charge in [-0.05, 0) is 26.0 Å². The Balaban J connectivity index is 2.23. The van der Waals surface area contributed by atoms with Gasteiger partial charge in [0.1, 0.15) is 0 Å². The van der Waals surface area contributed by atoms with Gasteiger partial charge in [0, 0.05) is 11.7 Å². The summed E-state index contributed by atoms with van der Waals surface area (Å²) in [5, 5.41) is 13.9. The van der Waals surface area contributed by atoms with Crippen LogP contribution in [0.1, 0.15) is 18.9 Å². The number of carboxylic acids is 1. The smallest absolute Gasteiger partial charge is 0.305 e. The van der Waals surface area contributed by atoms with Crippen molar-refractivity contribution in [3.63, 3.8) is 0 Å². The van der Waals surface area contributed by atoms with Gasteiger partial charge in [-0.1, -0.05) is 17.7 Å². The maximum absolute atomic E-state index is 11.7. The molecule has 1 aromatic carbocycles. The number of nitrogens with one attached hydrogen (secondary N) is 2. The Morgan fingerprint density at radius 1 is 1.14 bits per heavy atom. The number of anilines is 1. The summed E-state index contributed by atoms with van der Waals surface area (Å²) < 4.78 is 0. The number of carbonyl (C=O) groups excluding carboxylic acids is 2. The highest BCUT2D eigenvalue weighted by atomic mass is 32.2. The van der Waals surface area contributed by atoms with Gasteiger partial charge in [-0.2, -0.15) is 0 Å². The normalized spacial score (nSPS) is 11.5. The summed E-state index contributed by atoms with van der Waals surface area (Å²) in [6, 6.07) is 7.02. The van der Waals surface area contributed by atoms with Gasteiger partial charge in [0.25, 0.3) is 0 Å². The number of aryl methyl sites for hydroxylation is 1. The van der Waals surface area contributed by atoms with Crippen LogP contribution >= 0.6 is 11.8 Å². The van der Waals surface area contributed by atoms with Crippen LogP contribution in [0.2, 0.25) is 0 Å². The molecule has 0 aromatic heterocycles. The topological polar surface area (TPSA) is 95.5 Å². The molecule has 1 unspecified atom stereocenters. The van der Waals surface area contributed by atoms with Gasteiger partial charge in [-0.3, -0.25) is 14.4 Å². The zero-order valence-corrected chi connectivity index (χ0v) is 13.4. The van der Waals surface area contributed by atoms with Crippen LogP contribution in [0.3, 0.4) is 0 Å². The summed E-state index contributed by atoms with van der Waals surface area (Å²) in [4.78, 5) is 33.7. The summed E-state index contributed by atoms with van der Waals surface area (Å²) in [7, 11) is 0. The Kier molecular flexibility index (Phi) is 7.45. The van der Waals surface area contributed by atoms with E-state index in [9.17, 15) is 14.4 Å². The lowest BCUT2D eigenvalue weighted by molar-refractivity contribution is -0.137. The standard InChI is InChI=1S/C15H20N2O4S/c1-10-3-5-12(6-4-10)17-14(19)9-22-8-13(18)16-11(2)7-15(20)21/h3-6,11H,7-9H2,1-2H3,(H,16,18)(H,17,19)(H,20,21). The molecule has 0 fully saturated rings. The van der Waals surface area contributed by atoms with Crippen molar-refractivity contribution >= 4 is 35.2 Å². The predicted octanol–water partition coefficient (Wildman–Crippen LogP) is 1.65. The van der Waals surface area contributed by atoms with Crippen molar-refractivity contribution in [1.29, 1.82) is 0 Å². The third-order valence-electron chi connectivity index (χ3n) is 2.69. The molecule has 0 saturated carbocycles. The molecule has 1 aromatic rings. The molecular formula is C15H20N2O4S. The SMILES string of the molecule is Cc1ccc(NC(=O)CSCC(=O)NC(C)CC(=O)O)cc1. The van der Waals surface area contributed by atoms with Crippen LogP contribution in [0.4, 0.5) is 5.69 Å². The number of hydrogen-bond donors (Lipinski definition) is 3. The lowest BCUT2D eigenvalue weighted by Gasteiger charge is -2.11. The molecule has 0 aliphatic carbocycles. The fourth-order valence-corrected chi connectivity index (χ4v) is 2.33. The van der Waals surface area contributed by atoms with E-state index in [0.29, 0.717) is 0 Å². The predicted molar refractivity (Wildman–Crippen MR) is 87.0 cm³/mol. The summed E-state index contributed by atoms with van der Waals surface area (Å²) >= 11 is 1.18. The molecule has 0 radical (unpaired) electrons. The molecule has 2 amide bonds. The van der Waals surface area contributed by atoms with Gasteiger partial charge in [0.15, 0.2) is 0 Å². The van der Waals surface area contributed by atoms with Crippen molar-refractivity contribution in [3.8, 4) is 0 Å². The van der Waals surface area contributed by atoms with Crippen LogP contribution < -0.4 is 10.6 Å².